The van der Waals surface area contributed by atoms with E-state index in [1.54, 1.807) is 0 Å². The lowest BCUT2D eigenvalue weighted by molar-refractivity contribution is -0.378. The molecule has 0 aliphatic heterocycles. The van der Waals surface area contributed by atoms with E-state index in [9.17, 15) is 24.0 Å². The number of amides is 5. The van der Waals surface area contributed by atoms with Gasteiger partial charge < -0.3 is 64.9 Å². The molecule has 2 atom stereocenters. The van der Waals surface area contributed by atoms with Gasteiger partial charge in [-0.05, 0) is 5.53 Å². The largest absolute Gasteiger partial charge is 0.379 e. The summed E-state index contributed by atoms with van der Waals surface area (Å²) in [7, 11) is 0. The van der Waals surface area contributed by atoms with E-state index in [-0.39, 0.29) is 39.1 Å². The average Bonchev–Trinajstić information content (AvgIpc) is 3.10. The SMILES string of the molecule is CC(=O)N[C@H](CC(=O)NCCNCCN(CC[NH3+])CC[NH3+])C(=O)N[C@@H](CC(=O)NCCNCCN(CC[NH3+])CC[NH3+])C(=O)NCCOCCN=[N+]=[N-]. The molecule has 300 valence electrons. The number of carbonyl (C=O) groups excluding carboxylic acids is 5. The number of hydrogen-bond acceptors (Lipinski definition) is 11. The topological polar surface area (TPSA) is 345 Å². The molecule has 0 saturated heterocycles. The lowest BCUT2D eigenvalue weighted by Gasteiger charge is -2.23. The van der Waals surface area contributed by atoms with E-state index < -0.39 is 41.6 Å². The van der Waals surface area contributed by atoms with Gasteiger partial charge in [-0.2, -0.15) is 0 Å². The Morgan fingerprint density at radius 3 is 1.56 bits per heavy atom. The fraction of sp³-hybridized carbons (Fsp3) is 0.833. The molecule has 0 bridgehead atoms. The first kappa shape index (κ1) is 48.3. The van der Waals surface area contributed by atoms with Crippen molar-refractivity contribution in [3.63, 3.8) is 0 Å². The number of carbonyl (C=O) groups is 5. The van der Waals surface area contributed by atoms with Gasteiger partial charge in [-0.25, -0.2) is 0 Å². The van der Waals surface area contributed by atoms with Crippen molar-refractivity contribution in [3.05, 3.63) is 10.4 Å². The second kappa shape index (κ2) is 33.2. The number of nitrogens with one attached hydrogen (secondary N) is 7. The number of quaternary nitrogens is 4. The summed E-state index contributed by atoms with van der Waals surface area (Å²) >= 11 is 0. The van der Waals surface area contributed by atoms with Gasteiger partial charge in [0.2, 0.25) is 29.5 Å². The molecule has 0 radical (unpaired) electrons. The number of ether oxygens (including phenoxy) is 1. The van der Waals surface area contributed by atoms with Crippen LogP contribution in [-0.2, 0) is 28.7 Å². The molecule has 22 nitrogen and oxygen atoms in total. The molecule has 5 amide bonds. The minimum atomic E-state index is -1.31. The van der Waals surface area contributed by atoms with Crippen molar-refractivity contribution in [1.29, 1.82) is 0 Å². The van der Waals surface area contributed by atoms with Gasteiger partial charge in [-0.15, -0.1) is 0 Å². The van der Waals surface area contributed by atoms with Gasteiger partial charge in [0.1, 0.15) is 12.1 Å². The molecule has 0 aliphatic carbocycles. The van der Waals surface area contributed by atoms with Crippen LogP contribution in [0, 0.1) is 0 Å². The number of hydrogen-bond donors (Lipinski definition) is 11. The van der Waals surface area contributed by atoms with E-state index in [0.717, 1.165) is 72.0 Å². The van der Waals surface area contributed by atoms with Crippen molar-refractivity contribution >= 4 is 29.5 Å². The highest BCUT2D eigenvalue weighted by atomic mass is 16.5. The van der Waals surface area contributed by atoms with E-state index in [0.29, 0.717) is 32.7 Å². The van der Waals surface area contributed by atoms with Gasteiger partial charge in [0.15, 0.2) is 0 Å². The maximum absolute atomic E-state index is 13.3. The highest BCUT2D eigenvalue weighted by Crippen LogP contribution is 2.00. The highest BCUT2D eigenvalue weighted by molar-refractivity contribution is 5.96. The molecule has 0 heterocycles. The summed E-state index contributed by atoms with van der Waals surface area (Å²) in [5, 5.41) is 23.0. The van der Waals surface area contributed by atoms with Crippen LogP contribution in [0.25, 0.3) is 10.4 Å². The molecule has 0 aromatic heterocycles. The van der Waals surface area contributed by atoms with Gasteiger partial charge in [0.25, 0.3) is 0 Å². The molecule has 0 spiro atoms. The smallest absolute Gasteiger partial charge is 0.243 e. The van der Waals surface area contributed by atoms with Crippen molar-refractivity contribution in [3.8, 4) is 0 Å². The zero-order chi connectivity index (χ0) is 38.8. The number of rotatable bonds is 34. The summed E-state index contributed by atoms with van der Waals surface area (Å²) in [6, 6.07) is -2.60. The number of azide groups is 1. The predicted octanol–water partition coefficient (Wildman–Crippen LogP) is -8.82. The van der Waals surface area contributed by atoms with Crippen molar-refractivity contribution in [2.45, 2.75) is 31.8 Å². The summed E-state index contributed by atoms with van der Waals surface area (Å²) in [6.45, 7) is 13.0. The Bertz CT molecular complexity index is 1040. The van der Waals surface area contributed by atoms with Crippen LogP contribution >= 0.6 is 0 Å². The van der Waals surface area contributed by atoms with Crippen LogP contribution in [-0.4, -0.2) is 182 Å². The molecule has 0 fully saturated rings. The van der Waals surface area contributed by atoms with Gasteiger partial charge in [-0.1, -0.05) is 5.11 Å². The van der Waals surface area contributed by atoms with Gasteiger partial charge in [-0.3, -0.25) is 33.8 Å². The summed E-state index contributed by atoms with van der Waals surface area (Å²) in [6.07, 6.45) is -0.764. The van der Waals surface area contributed by atoms with Crippen molar-refractivity contribution < 1.29 is 51.6 Å². The molecule has 52 heavy (non-hydrogen) atoms. The summed E-state index contributed by atoms with van der Waals surface area (Å²) in [5.74, 6) is -2.96. The molecule has 19 N–H and O–H groups in total. The molecular formula is C30H68N16O6+4. The molecule has 0 aliphatic rings. The van der Waals surface area contributed by atoms with Crippen LogP contribution in [0.15, 0.2) is 5.11 Å². The fourth-order valence-electron chi connectivity index (χ4n) is 4.94. The molecule has 0 aromatic rings. The lowest BCUT2D eigenvalue weighted by Crippen LogP contribution is -2.59. The minimum Gasteiger partial charge on any atom is -0.379 e. The van der Waals surface area contributed by atoms with Crippen LogP contribution in [0.1, 0.15) is 19.8 Å². The van der Waals surface area contributed by atoms with Gasteiger partial charge in [0.05, 0.1) is 52.2 Å². The first-order chi connectivity index (χ1) is 25.1. The molecule has 0 unspecified atom stereocenters. The molecule has 0 rings (SSSR count). The Kier molecular flexibility index (Phi) is 30.8. The van der Waals surface area contributed by atoms with E-state index in [4.69, 9.17) is 10.3 Å². The van der Waals surface area contributed by atoms with Gasteiger partial charge in [0, 0.05) is 103 Å². The molecular weight excluding hydrogens is 680 g/mol. The lowest BCUT2D eigenvalue weighted by atomic mass is 10.1. The van der Waals surface area contributed by atoms with Gasteiger partial charge >= 0.3 is 0 Å². The molecule has 0 aromatic carbocycles. The maximum atomic E-state index is 13.3. The normalized spacial score (nSPS) is 12.1. The third-order valence-corrected chi connectivity index (χ3v) is 7.41. The van der Waals surface area contributed by atoms with Crippen LogP contribution < -0.4 is 60.2 Å². The third-order valence-electron chi connectivity index (χ3n) is 7.41. The fourth-order valence-corrected chi connectivity index (χ4v) is 4.94. The Labute approximate surface area is 306 Å². The van der Waals surface area contributed by atoms with Crippen LogP contribution in [0.5, 0.6) is 0 Å². The second-order valence-corrected chi connectivity index (χ2v) is 11.9. The van der Waals surface area contributed by atoms with Crippen molar-refractivity contribution in [2.24, 2.45) is 5.11 Å². The Hall–Kier alpha value is -3.70. The third kappa shape index (κ3) is 27.0. The molecule has 22 heteroatoms. The Morgan fingerprint density at radius 1 is 0.635 bits per heavy atom. The van der Waals surface area contributed by atoms with Crippen LogP contribution in [0.2, 0.25) is 0 Å². The zero-order valence-corrected chi connectivity index (χ0v) is 31.2. The standard InChI is InChI=1S/C30H64N16O6/c1-24(47)42-26(23-28(49)39-9-7-37-11-19-46(16-4-33)17-5-34)30(51)43-25(29(50)40-12-20-52-21-13-41-44-35)22-27(48)38-8-6-36-10-18-45(14-2-31)15-3-32/h25-26,36-37H,2-23,31-34H2,1H3,(H,38,48)(H,39,49)(H,40,50)(H,42,47)(H,43,51)/p+4/t25-,26+/m0/s1. The van der Waals surface area contributed by atoms with E-state index in [1.165, 1.54) is 6.92 Å². The van der Waals surface area contributed by atoms with Crippen LogP contribution in [0.4, 0.5) is 0 Å². The summed E-state index contributed by atoms with van der Waals surface area (Å²) in [4.78, 5) is 71.1. The second-order valence-electron chi connectivity index (χ2n) is 11.9. The zero-order valence-electron chi connectivity index (χ0n) is 31.2. The number of nitrogens with zero attached hydrogens (tertiary/aromatic N) is 5. The average molecular weight is 749 g/mol. The Balaban J connectivity index is 5.16. The van der Waals surface area contributed by atoms with Crippen molar-refractivity contribution in [1.82, 2.24) is 47.0 Å². The van der Waals surface area contributed by atoms with E-state index >= 15 is 0 Å². The Morgan fingerprint density at radius 2 is 1.12 bits per heavy atom. The highest BCUT2D eigenvalue weighted by Gasteiger charge is 2.29. The monoisotopic (exact) mass is 749 g/mol. The first-order valence-corrected chi connectivity index (χ1v) is 18.1. The van der Waals surface area contributed by atoms with E-state index in [1.807, 2.05) is 0 Å². The maximum Gasteiger partial charge on any atom is 0.243 e. The summed E-state index contributed by atoms with van der Waals surface area (Å²) in [5.41, 5.74) is 23.9. The predicted molar refractivity (Wildman–Crippen MR) is 192 cm³/mol. The summed E-state index contributed by atoms with van der Waals surface area (Å²) < 4.78 is 5.30. The minimum absolute atomic E-state index is 0.0570. The van der Waals surface area contributed by atoms with E-state index in [2.05, 4.69) is 80.0 Å². The quantitative estimate of drug-likeness (QED) is 0.0128. The van der Waals surface area contributed by atoms with Crippen LogP contribution in [0.3, 0.4) is 0 Å². The first-order valence-electron chi connectivity index (χ1n) is 18.1. The van der Waals surface area contributed by atoms with Crippen molar-refractivity contribution in [2.75, 3.05) is 131 Å². The molecule has 0 saturated carbocycles.